The average molecular weight is 206 g/mol. The Labute approximate surface area is 90.7 Å². The van der Waals surface area contributed by atoms with E-state index in [9.17, 15) is 4.79 Å². The molecule has 1 aromatic carbocycles. The maximum absolute atomic E-state index is 11.6. The van der Waals surface area contributed by atoms with Gasteiger partial charge in [0.1, 0.15) is 0 Å². The summed E-state index contributed by atoms with van der Waals surface area (Å²) < 4.78 is 0. The lowest BCUT2D eigenvalue weighted by atomic mass is 10.1. The summed E-state index contributed by atoms with van der Waals surface area (Å²) in [6, 6.07) is 7.62. The standard InChI is InChI=1S/C12H18N2O/c1-3-9(2)12(15)14-11-6-4-5-10(7-11)8-13/h4-7,9H,3,8,13H2,1-2H3,(H,14,15). The smallest absolute Gasteiger partial charge is 0.227 e. The van der Waals surface area contributed by atoms with E-state index in [0.29, 0.717) is 6.54 Å². The molecule has 0 aromatic heterocycles. The number of anilines is 1. The molecule has 1 aromatic rings. The number of hydrogen-bond donors (Lipinski definition) is 2. The second-order valence-electron chi connectivity index (χ2n) is 3.70. The Hall–Kier alpha value is -1.35. The van der Waals surface area contributed by atoms with Gasteiger partial charge in [0.2, 0.25) is 5.91 Å². The first-order valence-electron chi connectivity index (χ1n) is 5.27. The third-order valence-electron chi connectivity index (χ3n) is 2.49. The van der Waals surface area contributed by atoms with Crippen LogP contribution in [0.15, 0.2) is 24.3 Å². The lowest BCUT2D eigenvalue weighted by molar-refractivity contribution is -0.119. The fourth-order valence-electron chi connectivity index (χ4n) is 1.23. The maximum atomic E-state index is 11.6. The Morgan fingerprint density at radius 3 is 2.87 bits per heavy atom. The van der Waals surface area contributed by atoms with Gasteiger partial charge in [-0.05, 0) is 24.1 Å². The van der Waals surface area contributed by atoms with Crippen LogP contribution < -0.4 is 11.1 Å². The molecule has 0 spiro atoms. The van der Waals surface area contributed by atoms with E-state index in [1.807, 2.05) is 38.1 Å². The van der Waals surface area contributed by atoms with Crippen LogP contribution in [0, 0.1) is 5.92 Å². The summed E-state index contributed by atoms with van der Waals surface area (Å²) in [5.41, 5.74) is 7.37. The number of hydrogen-bond acceptors (Lipinski definition) is 2. The molecule has 1 unspecified atom stereocenters. The first kappa shape index (κ1) is 11.7. The first-order valence-corrected chi connectivity index (χ1v) is 5.27. The molecule has 1 amide bonds. The SMILES string of the molecule is CCC(C)C(=O)Nc1cccc(CN)c1. The lowest BCUT2D eigenvalue weighted by Gasteiger charge is -2.10. The van der Waals surface area contributed by atoms with E-state index in [1.54, 1.807) is 0 Å². The predicted octanol–water partition coefficient (Wildman–Crippen LogP) is 2.13. The van der Waals surface area contributed by atoms with Crippen molar-refractivity contribution in [3.8, 4) is 0 Å². The van der Waals surface area contributed by atoms with E-state index in [1.165, 1.54) is 0 Å². The van der Waals surface area contributed by atoms with E-state index in [-0.39, 0.29) is 11.8 Å². The third-order valence-corrected chi connectivity index (χ3v) is 2.49. The number of benzene rings is 1. The van der Waals surface area contributed by atoms with Crippen LogP contribution in [-0.2, 0) is 11.3 Å². The molecule has 82 valence electrons. The molecule has 1 atom stereocenters. The highest BCUT2D eigenvalue weighted by molar-refractivity contribution is 5.92. The second kappa shape index (κ2) is 5.51. The maximum Gasteiger partial charge on any atom is 0.227 e. The van der Waals surface area contributed by atoms with Gasteiger partial charge in [-0.15, -0.1) is 0 Å². The number of carbonyl (C=O) groups excluding carboxylic acids is 1. The zero-order valence-electron chi connectivity index (χ0n) is 9.29. The molecule has 0 radical (unpaired) electrons. The molecule has 0 aliphatic carbocycles. The van der Waals surface area contributed by atoms with E-state index < -0.39 is 0 Å². The summed E-state index contributed by atoms with van der Waals surface area (Å²) >= 11 is 0. The quantitative estimate of drug-likeness (QED) is 0.793. The van der Waals surface area contributed by atoms with Crippen LogP contribution in [0.3, 0.4) is 0 Å². The summed E-state index contributed by atoms with van der Waals surface area (Å²) in [5, 5.41) is 2.87. The van der Waals surface area contributed by atoms with Gasteiger partial charge in [0.25, 0.3) is 0 Å². The minimum absolute atomic E-state index is 0.0477. The van der Waals surface area contributed by atoms with Gasteiger partial charge in [0.05, 0.1) is 0 Å². The van der Waals surface area contributed by atoms with Gasteiger partial charge < -0.3 is 11.1 Å². The molecule has 0 aliphatic heterocycles. The van der Waals surface area contributed by atoms with Gasteiger partial charge in [-0.2, -0.15) is 0 Å². The number of nitrogens with one attached hydrogen (secondary N) is 1. The number of rotatable bonds is 4. The Kier molecular flexibility index (Phi) is 4.31. The molecule has 0 bridgehead atoms. The topological polar surface area (TPSA) is 55.1 Å². The van der Waals surface area contributed by atoms with Crippen molar-refractivity contribution >= 4 is 11.6 Å². The van der Waals surface area contributed by atoms with Crippen molar-refractivity contribution in [2.24, 2.45) is 11.7 Å². The normalized spacial score (nSPS) is 12.2. The number of carbonyl (C=O) groups is 1. The van der Waals surface area contributed by atoms with Gasteiger partial charge in [-0.3, -0.25) is 4.79 Å². The number of nitrogens with two attached hydrogens (primary N) is 1. The molecule has 3 nitrogen and oxygen atoms in total. The van der Waals surface area contributed by atoms with Crippen LogP contribution in [0.25, 0.3) is 0 Å². The Morgan fingerprint density at radius 2 is 2.27 bits per heavy atom. The summed E-state index contributed by atoms with van der Waals surface area (Å²) in [7, 11) is 0. The van der Waals surface area contributed by atoms with Gasteiger partial charge in [-0.25, -0.2) is 0 Å². The molecule has 15 heavy (non-hydrogen) atoms. The predicted molar refractivity (Wildman–Crippen MR) is 62.4 cm³/mol. The van der Waals surface area contributed by atoms with Gasteiger partial charge in [0, 0.05) is 18.2 Å². The zero-order chi connectivity index (χ0) is 11.3. The molecule has 0 saturated carbocycles. The Balaban J connectivity index is 2.68. The van der Waals surface area contributed by atoms with Gasteiger partial charge >= 0.3 is 0 Å². The third kappa shape index (κ3) is 3.36. The fraction of sp³-hybridized carbons (Fsp3) is 0.417. The highest BCUT2D eigenvalue weighted by atomic mass is 16.1. The molecule has 0 aliphatic rings. The Bertz CT molecular complexity index is 336. The van der Waals surface area contributed by atoms with Crippen LogP contribution in [0.2, 0.25) is 0 Å². The molecule has 1 rings (SSSR count). The second-order valence-corrected chi connectivity index (χ2v) is 3.70. The van der Waals surface area contributed by atoms with Crippen LogP contribution in [-0.4, -0.2) is 5.91 Å². The van der Waals surface area contributed by atoms with Crippen LogP contribution >= 0.6 is 0 Å². The molecular weight excluding hydrogens is 188 g/mol. The first-order chi connectivity index (χ1) is 7.17. The van der Waals surface area contributed by atoms with E-state index in [2.05, 4.69) is 5.32 Å². The van der Waals surface area contributed by atoms with E-state index in [4.69, 9.17) is 5.73 Å². The lowest BCUT2D eigenvalue weighted by Crippen LogP contribution is -2.19. The molecule has 0 heterocycles. The minimum Gasteiger partial charge on any atom is -0.326 e. The van der Waals surface area contributed by atoms with E-state index in [0.717, 1.165) is 17.7 Å². The summed E-state index contributed by atoms with van der Waals surface area (Å²) in [6.45, 7) is 4.41. The van der Waals surface area contributed by atoms with Crippen molar-refractivity contribution in [2.75, 3.05) is 5.32 Å². The average Bonchev–Trinajstić information content (AvgIpc) is 2.28. The highest BCUT2D eigenvalue weighted by Crippen LogP contribution is 2.12. The van der Waals surface area contributed by atoms with E-state index >= 15 is 0 Å². The van der Waals surface area contributed by atoms with Crippen molar-refractivity contribution < 1.29 is 4.79 Å². The van der Waals surface area contributed by atoms with Crippen LogP contribution in [0.5, 0.6) is 0 Å². The molecule has 3 N–H and O–H groups in total. The molecular formula is C12H18N2O. The van der Waals surface area contributed by atoms with Crippen LogP contribution in [0.1, 0.15) is 25.8 Å². The molecule has 0 saturated heterocycles. The monoisotopic (exact) mass is 206 g/mol. The highest BCUT2D eigenvalue weighted by Gasteiger charge is 2.10. The van der Waals surface area contributed by atoms with Gasteiger partial charge in [0.15, 0.2) is 0 Å². The summed E-state index contributed by atoms with van der Waals surface area (Å²) in [6.07, 6.45) is 0.850. The van der Waals surface area contributed by atoms with Crippen molar-refractivity contribution in [3.63, 3.8) is 0 Å². The largest absolute Gasteiger partial charge is 0.326 e. The fourth-order valence-corrected chi connectivity index (χ4v) is 1.23. The molecule has 3 heteroatoms. The minimum atomic E-state index is 0.0477. The number of amides is 1. The molecule has 0 fully saturated rings. The van der Waals surface area contributed by atoms with Gasteiger partial charge in [-0.1, -0.05) is 26.0 Å². The summed E-state index contributed by atoms with van der Waals surface area (Å²) in [4.78, 5) is 11.6. The summed E-state index contributed by atoms with van der Waals surface area (Å²) in [5.74, 6) is 0.109. The zero-order valence-corrected chi connectivity index (χ0v) is 9.29. The van der Waals surface area contributed by atoms with Crippen LogP contribution in [0.4, 0.5) is 5.69 Å². The Morgan fingerprint density at radius 1 is 1.53 bits per heavy atom. The van der Waals surface area contributed by atoms with Crippen molar-refractivity contribution in [1.82, 2.24) is 0 Å². The van der Waals surface area contributed by atoms with Crippen molar-refractivity contribution in [1.29, 1.82) is 0 Å². The van der Waals surface area contributed by atoms with Crippen molar-refractivity contribution in [3.05, 3.63) is 29.8 Å². The van der Waals surface area contributed by atoms with Crippen molar-refractivity contribution in [2.45, 2.75) is 26.8 Å².